The molecule has 1 saturated heterocycles. The maximum absolute atomic E-state index is 6.27. The minimum absolute atomic E-state index is 0.801. The number of rotatable bonds is 3. The summed E-state index contributed by atoms with van der Waals surface area (Å²) in [6, 6.07) is 29.9. The van der Waals surface area contributed by atoms with Gasteiger partial charge in [0.15, 0.2) is 0 Å². The summed E-state index contributed by atoms with van der Waals surface area (Å²) < 4.78 is 6.27. The van der Waals surface area contributed by atoms with Crippen molar-refractivity contribution < 1.29 is 9.88 Å². The summed E-state index contributed by atoms with van der Waals surface area (Å²) in [6.07, 6.45) is 0. The van der Waals surface area contributed by atoms with E-state index >= 15 is 0 Å². The summed E-state index contributed by atoms with van der Waals surface area (Å²) in [5.41, 5.74) is 5.01. The van der Waals surface area contributed by atoms with E-state index in [9.17, 15) is 0 Å². The van der Waals surface area contributed by atoms with Crippen LogP contribution in [-0.4, -0.2) is 19.6 Å². The number of quaternary nitrogens is 1. The minimum atomic E-state index is -1.18. The molecule has 0 amide bonds. The van der Waals surface area contributed by atoms with Crippen molar-refractivity contribution in [2.75, 3.05) is 13.2 Å². The Kier molecular flexibility index (Phi) is 3.74. The maximum atomic E-state index is 6.27. The molecule has 3 aromatic rings. The van der Waals surface area contributed by atoms with Crippen LogP contribution in [-0.2, 0) is 4.65 Å². The lowest BCUT2D eigenvalue weighted by atomic mass is 9.42. The molecule has 23 heavy (non-hydrogen) atoms. The van der Waals surface area contributed by atoms with Crippen LogP contribution < -0.4 is 16.2 Å². The first-order valence-electron chi connectivity index (χ1n) is 8.24. The Hall–Kier alpha value is -2.36. The lowest BCUT2D eigenvalue weighted by Crippen LogP contribution is -3.04. The van der Waals surface area contributed by atoms with Gasteiger partial charge in [0, 0.05) is 0 Å². The van der Waals surface area contributed by atoms with Crippen LogP contribution >= 0.6 is 0 Å². The highest BCUT2D eigenvalue weighted by Crippen LogP contribution is 2.18. The lowest BCUT2D eigenvalue weighted by Gasteiger charge is -2.31. The van der Waals surface area contributed by atoms with Crippen molar-refractivity contribution in [1.82, 2.24) is 0 Å². The third-order valence-electron chi connectivity index (χ3n) is 4.80. The van der Waals surface area contributed by atoms with E-state index in [1.54, 1.807) is 0 Å². The molecule has 2 N–H and O–H groups in total. The van der Waals surface area contributed by atoms with E-state index in [-0.39, 0.29) is 0 Å². The van der Waals surface area contributed by atoms with Crippen molar-refractivity contribution in [3.8, 4) is 11.1 Å². The fourth-order valence-corrected chi connectivity index (χ4v) is 3.61. The van der Waals surface area contributed by atoms with Gasteiger partial charge >= 0.3 is 6.48 Å². The van der Waals surface area contributed by atoms with E-state index in [1.165, 1.54) is 22.1 Å². The molecule has 1 aliphatic heterocycles. The van der Waals surface area contributed by atoms with Gasteiger partial charge in [0.1, 0.15) is 0 Å². The van der Waals surface area contributed by atoms with E-state index in [4.69, 9.17) is 4.65 Å². The highest BCUT2D eigenvalue weighted by molar-refractivity contribution is 6.90. The quantitative estimate of drug-likeness (QED) is 0.729. The second-order valence-corrected chi connectivity index (χ2v) is 6.14. The van der Waals surface area contributed by atoms with Crippen molar-refractivity contribution in [2.24, 2.45) is 0 Å². The monoisotopic (exact) mass is 301 g/mol. The SMILES string of the molecule is c1ccc(-c2ccc([B-]3(c4ccccc4)[NH2+]CCO3)cc2)cc1. The number of hydrogen-bond donors (Lipinski definition) is 1. The zero-order chi connectivity index (χ0) is 15.5. The van der Waals surface area contributed by atoms with Gasteiger partial charge in [-0.25, -0.2) is 0 Å². The molecule has 0 aromatic heterocycles. The second kappa shape index (κ2) is 6.03. The van der Waals surface area contributed by atoms with Crippen molar-refractivity contribution in [1.29, 1.82) is 0 Å². The van der Waals surface area contributed by atoms with Gasteiger partial charge in [-0.05, 0) is 11.1 Å². The molecule has 4 rings (SSSR count). The predicted octanol–water partition coefficient (Wildman–Crippen LogP) is 1.50. The summed E-state index contributed by atoms with van der Waals surface area (Å²) in [5.74, 6) is 0. The summed E-state index contributed by atoms with van der Waals surface area (Å²) in [4.78, 5) is 0. The van der Waals surface area contributed by atoms with Crippen LogP contribution in [0.3, 0.4) is 0 Å². The zero-order valence-corrected chi connectivity index (χ0v) is 13.1. The Morgan fingerprint density at radius 2 is 1.22 bits per heavy atom. The van der Waals surface area contributed by atoms with Crippen LogP contribution in [0.4, 0.5) is 0 Å². The van der Waals surface area contributed by atoms with Crippen molar-refractivity contribution in [2.45, 2.75) is 0 Å². The second-order valence-electron chi connectivity index (χ2n) is 6.14. The molecule has 3 aromatic carbocycles. The van der Waals surface area contributed by atoms with E-state index in [1.807, 2.05) is 6.07 Å². The third kappa shape index (κ3) is 2.58. The first kappa shape index (κ1) is 14.3. The van der Waals surface area contributed by atoms with Gasteiger partial charge in [-0.2, -0.15) is 0 Å². The Morgan fingerprint density at radius 3 is 1.83 bits per heavy atom. The smallest absolute Gasteiger partial charge is 0.388 e. The highest BCUT2D eigenvalue weighted by atomic mass is 16.5. The Balaban J connectivity index is 1.74. The third-order valence-corrected chi connectivity index (χ3v) is 4.80. The molecule has 0 radical (unpaired) electrons. The molecular formula is C20H20BNO. The van der Waals surface area contributed by atoms with E-state index in [0.29, 0.717) is 0 Å². The molecule has 1 heterocycles. The standard InChI is InChI=1S/C20H20BNO/c1-3-7-17(8-4-1)18-11-13-20(14-12-18)21(22-15-16-23-21)19-9-5-2-6-10-19/h1-14H,15-16,22H2. The molecule has 0 aliphatic carbocycles. The van der Waals surface area contributed by atoms with Gasteiger partial charge in [0.2, 0.25) is 0 Å². The maximum Gasteiger partial charge on any atom is 0.388 e. The summed E-state index contributed by atoms with van der Waals surface area (Å²) in [7, 11) is 0. The fraction of sp³-hybridized carbons (Fsp3) is 0.100. The first-order valence-corrected chi connectivity index (χ1v) is 8.24. The fourth-order valence-electron chi connectivity index (χ4n) is 3.61. The molecule has 0 saturated carbocycles. The average Bonchev–Trinajstić information content (AvgIpc) is 3.14. The molecule has 1 aliphatic rings. The molecule has 2 nitrogen and oxygen atoms in total. The van der Waals surface area contributed by atoms with Gasteiger partial charge in [-0.3, -0.25) is 0 Å². The average molecular weight is 301 g/mol. The molecular weight excluding hydrogens is 281 g/mol. The molecule has 1 unspecified atom stereocenters. The summed E-state index contributed by atoms with van der Waals surface area (Å²) in [6.45, 7) is 0.627. The number of benzene rings is 3. The van der Waals surface area contributed by atoms with Gasteiger partial charge in [-0.1, -0.05) is 84.9 Å². The molecule has 1 atom stereocenters. The normalized spacial score (nSPS) is 20.5. The largest absolute Gasteiger partial charge is 0.528 e. The van der Waals surface area contributed by atoms with Crippen molar-refractivity contribution >= 4 is 17.4 Å². The van der Waals surface area contributed by atoms with E-state index < -0.39 is 6.48 Å². The molecule has 1 fully saturated rings. The van der Waals surface area contributed by atoms with Crippen molar-refractivity contribution in [3.05, 3.63) is 84.9 Å². The first-order chi connectivity index (χ1) is 11.4. The van der Waals surface area contributed by atoms with Gasteiger partial charge < -0.3 is 9.88 Å². The summed E-state index contributed by atoms with van der Waals surface area (Å²) >= 11 is 0. The van der Waals surface area contributed by atoms with E-state index in [0.717, 1.165) is 13.2 Å². The molecule has 0 spiro atoms. The van der Waals surface area contributed by atoms with Crippen LogP contribution in [0.25, 0.3) is 11.1 Å². The number of nitrogens with two attached hydrogens (primary N) is 1. The lowest BCUT2D eigenvalue weighted by molar-refractivity contribution is -0.514. The zero-order valence-electron chi connectivity index (χ0n) is 13.1. The Morgan fingerprint density at radius 1 is 0.652 bits per heavy atom. The minimum Gasteiger partial charge on any atom is -0.528 e. The van der Waals surface area contributed by atoms with E-state index in [2.05, 4.69) is 84.1 Å². The Labute approximate surface area is 137 Å². The van der Waals surface area contributed by atoms with Gasteiger partial charge in [0.25, 0.3) is 0 Å². The topological polar surface area (TPSA) is 25.8 Å². The van der Waals surface area contributed by atoms with Crippen molar-refractivity contribution in [3.63, 3.8) is 0 Å². The molecule has 0 bridgehead atoms. The summed E-state index contributed by atoms with van der Waals surface area (Å²) in [5, 5.41) is 2.35. The predicted molar refractivity (Wildman–Crippen MR) is 96.1 cm³/mol. The molecule has 3 heteroatoms. The van der Waals surface area contributed by atoms with Crippen LogP contribution in [0, 0.1) is 0 Å². The van der Waals surface area contributed by atoms with Gasteiger partial charge in [-0.15, -0.1) is 10.9 Å². The Bertz CT molecular complexity index is 766. The van der Waals surface area contributed by atoms with Crippen LogP contribution in [0.5, 0.6) is 0 Å². The molecule has 114 valence electrons. The number of hydrogen-bond acceptors (Lipinski definition) is 1. The van der Waals surface area contributed by atoms with Crippen LogP contribution in [0.15, 0.2) is 84.9 Å². The van der Waals surface area contributed by atoms with Gasteiger partial charge in [0.05, 0.1) is 13.2 Å². The van der Waals surface area contributed by atoms with Crippen LogP contribution in [0.2, 0.25) is 0 Å². The van der Waals surface area contributed by atoms with Crippen LogP contribution in [0.1, 0.15) is 0 Å². The highest BCUT2D eigenvalue weighted by Gasteiger charge is 2.40.